The van der Waals surface area contributed by atoms with Crippen LogP contribution in [0, 0.1) is 11.3 Å². The molecule has 1 fully saturated rings. The first kappa shape index (κ1) is 32.0. The molecular weight excluding hydrogens is 619 g/mol. The maximum Gasteiger partial charge on any atom is 0.404 e. The summed E-state index contributed by atoms with van der Waals surface area (Å²) >= 11 is 1.29. The summed E-state index contributed by atoms with van der Waals surface area (Å²) in [5.74, 6) is -0.240. The highest BCUT2D eigenvalue weighted by molar-refractivity contribution is 7.89. The van der Waals surface area contributed by atoms with Gasteiger partial charge in [0.05, 0.1) is 20.9 Å². The molecule has 3 heterocycles. The van der Waals surface area contributed by atoms with Gasteiger partial charge in [-0.3, -0.25) is 9.78 Å². The Bertz CT molecular complexity index is 1780. The number of nitrogens with one attached hydrogen (secondary N) is 1. The van der Waals surface area contributed by atoms with Gasteiger partial charge in [0.2, 0.25) is 21.7 Å². The van der Waals surface area contributed by atoms with Crippen LogP contribution in [0.5, 0.6) is 0 Å². The minimum absolute atomic E-state index is 0.0249. The number of benzene rings is 1. The molecule has 0 amide bonds. The third-order valence-corrected chi connectivity index (χ3v) is 10.6. The zero-order valence-electron chi connectivity index (χ0n) is 24.3. The van der Waals surface area contributed by atoms with Crippen molar-refractivity contribution in [1.82, 2.24) is 24.8 Å². The van der Waals surface area contributed by atoms with Gasteiger partial charge in [-0.15, -0.1) is 11.3 Å². The van der Waals surface area contributed by atoms with Crippen LogP contribution in [0.4, 0.5) is 13.2 Å². The fourth-order valence-corrected chi connectivity index (χ4v) is 7.77. The van der Waals surface area contributed by atoms with E-state index in [0.717, 1.165) is 43.2 Å². The number of carboxylic acid groups (broad SMARTS) is 1. The van der Waals surface area contributed by atoms with Gasteiger partial charge in [0, 0.05) is 29.8 Å². The fraction of sp³-hybridized carbons (Fsp3) is 0.483. The van der Waals surface area contributed by atoms with Crippen LogP contribution in [-0.2, 0) is 27.7 Å². The van der Waals surface area contributed by atoms with Gasteiger partial charge in [-0.25, -0.2) is 13.4 Å². The maximum atomic E-state index is 13.2. The molecule has 1 unspecified atom stereocenters. The molecule has 2 N–H and O–H groups in total. The van der Waals surface area contributed by atoms with Gasteiger partial charge in [0.1, 0.15) is 6.04 Å². The molecule has 10 nitrogen and oxygen atoms in total. The smallest absolute Gasteiger partial charge is 0.404 e. The van der Waals surface area contributed by atoms with E-state index in [4.69, 9.17) is 9.51 Å². The Labute approximate surface area is 256 Å². The highest BCUT2D eigenvalue weighted by Gasteiger charge is 2.39. The molecule has 236 valence electrons. The van der Waals surface area contributed by atoms with Crippen molar-refractivity contribution < 1.29 is 36.0 Å². The molecule has 4 aromatic rings. The predicted molar refractivity (Wildman–Crippen MR) is 157 cm³/mol. The molecule has 0 radical (unpaired) electrons. The Morgan fingerprint density at radius 1 is 1.14 bits per heavy atom. The van der Waals surface area contributed by atoms with Crippen LogP contribution in [-0.4, -0.2) is 51.8 Å². The number of halogens is 3. The number of aliphatic carboxylic acids is 1. The van der Waals surface area contributed by atoms with E-state index in [1.165, 1.54) is 36.2 Å². The van der Waals surface area contributed by atoms with Gasteiger partial charge in [0.25, 0.3) is 0 Å². The van der Waals surface area contributed by atoms with E-state index in [-0.39, 0.29) is 28.4 Å². The Kier molecular flexibility index (Phi) is 8.84. The summed E-state index contributed by atoms with van der Waals surface area (Å²) in [6, 6.07) is 2.20. The number of alkyl halides is 3. The molecule has 0 bridgehead atoms. The standard InChI is InChI=1S/C29H32F3N5O5S2/c1-16(29(30,31)32)37-44(40,41)22-10-9-19(18-11-12-33-15-20(18)22)24-21(13-17-7-5-4-6-8-17)34-26(43-24)25-35-23(42-36-25)14-28(2,3)27(38)39/h9-12,15-17,37H,4-8,13-14H2,1-3H3,(H,38,39). The fourth-order valence-electron chi connectivity index (χ4n) is 5.29. The molecule has 0 aliphatic heterocycles. The highest BCUT2D eigenvalue weighted by Crippen LogP contribution is 2.42. The normalized spacial score (nSPS) is 16.0. The van der Waals surface area contributed by atoms with Crippen LogP contribution in [0.1, 0.15) is 64.5 Å². The lowest BCUT2D eigenvalue weighted by Crippen LogP contribution is -2.43. The van der Waals surface area contributed by atoms with Crippen LogP contribution in [0.25, 0.3) is 32.0 Å². The van der Waals surface area contributed by atoms with Crippen molar-refractivity contribution in [3.05, 3.63) is 42.2 Å². The summed E-state index contributed by atoms with van der Waals surface area (Å²) in [4.78, 5) is 25.4. The van der Waals surface area contributed by atoms with E-state index in [2.05, 4.69) is 15.1 Å². The summed E-state index contributed by atoms with van der Waals surface area (Å²) in [7, 11) is -4.55. The lowest BCUT2D eigenvalue weighted by Gasteiger charge is -2.21. The highest BCUT2D eigenvalue weighted by atomic mass is 32.2. The first-order chi connectivity index (χ1) is 20.7. The van der Waals surface area contributed by atoms with E-state index < -0.39 is 33.6 Å². The summed E-state index contributed by atoms with van der Waals surface area (Å²) in [6.45, 7) is 3.87. The first-order valence-corrected chi connectivity index (χ1v) is 16.5. The SMILES string of the molecule is CC(NS(=O)(=O)c1ccc(-c2sc(-c3noc(CC(C)(C)C(=O)O)n3)nc2CC2CCCCC2)c2ccncc12)C(F)(F)F. The molecule has 0 spiro atoms. The minimum Gasteiger partial charge on any atom is -0.481 e. The zero-order valence-corrected chi connectivity index (χ0v) is 25.9. The van der Waals surface area contributed by atoms with E-state index in [9.17, 15) is 31.5 Å². The van der Waals surface area contributed by atoms with Crippen molar-refractivity contribution in [2.45, 2.75) is 82.8 Å². The topological polar surface area (TPSA) is 148 Å². The molecule has 1 aliphatic rings. The van der Waals surface area contributed by atoms with E-state index >= 15 is 0 Å². The lowest BCUT2D eigenvalue weighted by atomic mass is 9.85. The second-order valence-corrected chi connectivity index (χ2v) is 14.5. The van der Waals surface area contributed by atoms with Crippen LogP contribution >= 0.6 is 11.3 Å². The molecule has 3 aromatic heterocycles. The number of rotatable bonds is 10. The quantitative estimate of drug-likeness (QED) is 0.198. The number of hydrogen-bond donors (Lipinski definition) is 2. The average Bonchev–Trinajstić information content (AvgIpc) is 3.59. The molecule has 44 heavy (non-hydrogen) atoms. The monoisotopic (exact) mass is 651 g/mol. The average molecular weight is 652 g/mol. The third-order valence-electron chi connectivity index (χ3n) is 7.87. The number of sulfonamides is 1. The first-order valence-electron chi connectivity index (χ1n) is 14.2. The summed E-state index contributed by atoms with van der Waals surface area (Å²) in [6.07, 6.45) is 4.27. The summed E-state index contributed by atoms with van der Waals surface area (Å²) in [5.41, 5.74) is 0.299. The number of aromatic nitrogens is 4. The number of hydrogen-bond acceptors (Lipinski definition) is 9. The lowest BCUT2D eigenvalue weighted by molar-refractivity contribution is -0.147. The van der Waals surface area contributed by atoms with Crippen molar-refractivity contribution in [3.8, 4) is 21.3 Å². The van der Waals surface area contributed by atoms with E-state index in [0.29, 0.717) is 28.3 Å². The molecule has 15 heteroatoms. The Balaban J connectivity index is 1.59. The Morgan fingerprint density at radius 3 is 2.55 bits per heavy atom. The molecular formula is C29H32F3N5O5S2. The largest absolute Gasteiger partial charge is 0.481 e. The van der Waals surface area contributed by atoms with Crippen LogP contribution in [0.2, 0.25) is 0 Å². The molecule has 1 aromatic carbocycles. The number of thiazole rings is 1. The number of nitrogens with zero attached hydrogens (tertiary/aromatic N) is 4. The van der Waals surface area contributed by atoms with Crippen LogP contribution < -0.4 is 4.72 Å². The number of pyridine rings is 1. The Morgan fingerprint density at radius 2 is 1.86 bits per heavy atom. The maximum absolute atomic E-state index is 13.2. The number of fused-ring (bicyclic) bond motifs is 1. The predicted octanol–water partition coefficient (Wildman–Crippen LogP) is 6.41. The number of carbonyl (C=O) groups is 1. The van der Waals surface area contributed by atoms with Crippen molar-refractivity contribution in [2.24, 2.45) is 11.3 Å². The van der Waals surface area contributed by atoms with Crippen molar-refractivity contribution >= 4 is 38.1 Å². The van der Waals surface area contributed by atoms with Crippen molar-refractivity contribution in [1.29, 1.82) is 0 Å². The second kappa shape index (κ2) is 12.2. The summed E-state index contributed by atoms with van der Waals surface area (Å²) < 4.78 is 72.9. The minimum atomic E-state index is -4.76. The van der Waals surface area contributed by atoms with E-state index in [1.807, 2.05) is 0 Å². The van der Waals surface area contributed by atoms with Gasteiger partial charge in [-0.05, 0) is 50.6 Å². The van der Waals surface area contributed by atoms with E-state index in [1.54, 1.807) is 30.7 Å². The molecule has 1 atom stereocenters. The van der Waals surface area contributed by atoms with Gasteiger partial charge in [0.15, 0.2) is 5.01 Å². The van der Waals surface area contributed by atoms with Crippen molar-refractivity contribution in [3.63, 3.8) is 0 Å². The molecule has 1 saturated carbocycles. The third kappa shape index (κ3) is 6.79. The molecule has 0 saturated heterocycles. The van der Waals surface area contributed by atoms with Crippen molar-refractivity contribution in [2.75, 3.05) is 0 Å². The second-order valence-electron chi connectivity index (χ2n) is 11.8. The number of carboxylic acids is 1. The van der Waals surface area contributed by atoms with Crippen LogP contribution in [0.15, 0.2) is 40.0 Å². The van der Waals surface area contributed by atoms with Gasteiger partial charge in [-0.2, -0.15) is 22.9 Å². The van der Waals surface area contributed by atoms with Gasteiger partial charge < -0.3 is 9.63 Å². The molecule has 5 rings (SSSR count). The zero-order chi connectivity index (χ0) is 31.9. The summed E-state index contributed by atoms with van der Waals surface area (Å²) in [5, 5.41) is 14.7. The van der Waals surface area contributed by atoms with Crippen LogP contribution in [0.3, 0.4) is 0 Å². The van der Waals surface area contributed by atoms with Gasteiger partial charge >= 0.3 is 12.1 Å². The molecule has 1 aliphatic carbocycles. The Hall–Kier alpha value is -3.43. The van der Waals surface area contributed by atoms with Gasteiger partial charge in [-0.1, -0.05) is 43.3 Å².